The second kappa shape index (κ2) is 4.84. The molecule has 0 unspecified atom stereocenters. The van der Waals surface area contributed by atoms with Gasteiger partial charge >= 0.3 is 5.69 Å². The van der Waals surface area contributed by atoms with Crippen molar-refractivity contribution < 1.29 is 9.21 Å². The van der Waals surface area contributed by atoms with Crippen molar-refractivity contribution in [1.82, 2.24) is 15.0 Å². The van der Waals surface area contributed by atoms with E-state index in [2.05, 4.69) is 4.98 Å². The summed E-state index contributed by atoms with van der Waals surface area (Å²) in [7, 11) is 0. The number of hydrogen-bond acceptors (Lipinski definition) is 5. The first-order chi connectivity index (χ1) is 8.60. The molecule has 2 rings (SSSR count). The summed E-state index contributed by atoms with van der Waals surface area (Å²) in [6, 6.07) is 1.52. The average Bonchev–Trinajstić information content (AvgIpc) is 2.81. The van der Waals surface area contributed by atoms with Crippen LogP contribution in [0.4, 0.5) is 0 Å². The molecule has 0 aromatic carbocycles. The largest absolute Gasteiger partial charge is 0.467 e. The van der Waals surface area contributed by atoms with Crippen LogP contribution in [0.3, 0.4) is 0 Å². The van der Waals surface area contributed by atoms with E-state index in [0.29, 0.717) is 11.3 Å². The quantitative estimate of drug-likeness (QED) is 0.444. The van der Waals surface area contributed by atoms with Crippen LogP contribution in [0.1, 0.15) is 21.7 Å². The second-order valence-electron chi connectivity index (χ2n) is 3.82. The van der Waals surface area contributed by atoms with Gasteiger partial charge in [0.1, 0.15) is 12.0 Å². The van der Waals surface area contributed by atoms with Crippen molar-refractivity contribution in [2.75, 3.05) is 0 Å². The maximum absolute atomic E-state index is 11.5. The summed E-state index contributed by atoms with van der Waals surface area (Å²) in [6.07, 6.45) is 4.45. The van der Waals surface area contributed by atoms with Crippen LogP contribution >= 0.6 is 0 Å². The van der Waals surface area contributed by atoms with Gasteiger partial charge in [0.25, 0.3) is 5.91 Å². The zero-order chi connectivity index (χ0) is 13.1. The Kier molecular flexibility index (Phi) is 3.24. The number of hydrogen-bond donors (Lipinski definition) is 2. The van der Waals surface area contributed by atoms with Crippen molar-refractivity contribution in [3.8, 4) is 0 Å². The van der Waals surface area contributed by atoms with Crippen LogP contribution in [0.5, 0.6) is 0 Å². The fourth-order valence-corrected chi connectivity index (χ4v) is 1.51. The minimum absolute atomic E-state index is 0.214. The van der Waals surface area contributed by atoms with Crippen LogP contribution < -0.4 is 17.0 Å². The van der Waals surface area contributed by atoms with E-state index in [9.17, 15) is 9.59 Å². The molecule has 0 aliphatic carbocycles. The number of carbonyl (C=O) groups excluding carboxylic acids is 1. The molecule has 0 radical (unpaired) electrons. The molecule has 94 valence electrons. The summed E-state index contributed by atoms with van der Waals surface area (Å²) < 4.78 is 6.58. The molecule has 0 aliphatic heterocycles. The molecule has 0 aliphatic rings. The summed E-state index contributed by atoms with van der Waals surface area (Å²) in [4.78, 5) is 26.4. The van der Waals surface area contributed by atoms with Crippen molar-refractivity contribution >= 4 is 5.91 Å². The lowest BCUT2D eigenvalue weighted by Gasteiger charge is -2.02. The lowest BCUT2D eigenvalue weighted by Crippen LogP contribution is -2.29. The fraction of sp³-hybridized carbons (Fsp3) is 0.182. The van der Waals surface area contributed by atoms with Gasteiger partial charge < -0.3 is 4.42 Å². The minimum atomic E-state index is -0.445. The molecule has 0 atom stereocenters. The first-order valence-electron chi connectivity index (χ1n) is 5.21. The van der Waals surface area contributed by atoms with Gasteiger partial charge in [-0.2, -0.15) is 0 Å². The average molecular weight is 248 g/mol. The van der Waals surface area contributed by atoms with Crippen LogP contribution in [0.2, 0.25) is 0 Å². The van der Waals surface area contributed by atoms with Gasteiger partial charge in [0, 0.05) is 12.4 Å². The Bertz CT molecular complexity index is 629. The highest BCUT2D eigenvalue weighted by molar-refractivity contribution is 5.93. The highest BCUT2D eigenvalue weighted by Gasteiger charge is 2.09. The molecule has 1 amide bonds. The third-order valence-electron chi connectivity index (χ3n) is 2.36. The number of nitrogen functional groups attached to an aromatic ring is 1. The highest BCUT2D eigenvalue weighted by Crippen LogP contribution is 2.08. The molecule has 0 spiro atoms. The second-order valence-corrected chi connectivity index (χ2v) is 3.82. The number of aryl methyl sites for hydroxylation is 1. The van der Waals surface area contributed by atoms with Crippen LogP contribution in [-0.4, -0.2) is 15.5 Å². The van der Waals surface area contributed by atoms with Gasteiger partial charge in [0.15, 0.2) is 0 Å². The normalized spacial score (nSPS) is 10.3. The maximum Gasteiger partial charge on any atom is 0.347 e. The number of aromatic nitrogens is 2. The smallest absolute Gasteiger partial charge is 0.347 e. The van der Waals surface area contributed by atoms with Crippen molar-refractivity contribution in [2.24, 2.45) is 5.84 Å². The van der Waals surface area contributed by atoms with E-state index < -0.39 is 5.91 Å². The Balaban J connectivity index is 2.24. The van der Waals surface area contributed by atoms with E-state index in [-0.39, 0.29) is 12.2 Å². The molecule has 0 saturated heterocycles. The van der Waals surface area contributed by atoms with Gasteiger partial charge in [-0.1, -0.05) is 0 Å². The first-order valence-corrected chi connectivity index (χ1v) is 5.21. The molecule has 2 aromatic rings. The third kappa shape index (κ3) is 2.46. The molecule has 18 heavy (non-hydrogen) atoms. The Morgan fingerprint density at radius 2 is 2.39 bits per heavy atom. The van der Waals surface area contributed by atoms with Crippen LogP contribution in [0, 0.1) is 6.92 Å². The zero-order valence-electron chi connectivity index (χ0n) is 9.71. The Morgan fingerprint density at radius 1 is 1.61 bits per heavy atom. The highest BCUT2D eigenvalue weighted by atomic mass is 16.3. The predicted molar refractivity (Wildman–Crippen MR) is 62.7 cm³/mol. The number of hydrazine groups is 1. The molecular formula is C11H12N4O3. The lowest BCUT2D eigenvalue weighted by molar-refractivity contribution is 0.0953. The molecule has 2 aromatic heterocycles. The maximum atomic E-state index is 11.5. The Morgan fingerprint density at radius 3 is 3.11 bits per heavy atom. The molecule has 7 heteroatoms. The van der Waals surface area contributed by atoms with E-state index >= 15 is 0 Å². The summed E-state index contributed by atoms with van der Waals surface area (Å²) in [6.45, 7) is 2.05. The van der Waals surface area contributed by atoms with Gasteiger partial charge in [-0.15, -0.1) is 0 Å². The van der Waals surface area contributed by atoms with E-state index in [4.69, 9.17) is 10.3 Å². The number of amides is 1. The Hall–Kier alpha value is -2.41. The van der Waals surface area contributed by atoms with E-state index in [1.807, 2.05) is 12.3 Å². The topological polar surface area (TPSA) is 103 Å². The van der Waals surface area contributed by atoms with Gasteiger partial charge in [0.05, 0.1) is 12.1 Å². The van der Waals surface area contributed by atoms with Gasteiger partial charge in [-0.25, -0.2) is 15.6 Å². The third-order valence-corrected chi connectivity index (χ3v) is 2.36. The van der Waals surface area contributed by atoms with Gasteiger partial charge in [-0.05, 0) is 18.6 Å². The van der Waals surface area contributed by atoms with E-state index in [0.717, 1.165) is 5.56 Å². The van der Waals surface area contributed by atoms with Crippen LogP contribution in [0.15, 0.2) is 33.9 Å². The van der Waals surface area contributed by atoms with Gasteiger partial charge in [-0.3, -0.25) is 14.8 Å². The van der Waals surface area contributed by atoms with Crippen molar-refractivity contribution in [1.29, 1.82) is 0 Å². The predicted octanol–water partition coefficient (Wildman–Crippen LogP) is -0.203. The van der Waals surface area contributed by atoms with Crippen molar-refractivity contribution in [3.05, 3.63) is 52.1 Å². The number of carbonyl (C=O) groups is 1. The minimum Gasteiger partial charge on any atom is -0.467 e. The van der Waals surface area contributed by atoms with E-state index in [1.165, 1.54) is 23.1 Å². The number of nitrogens with zero attached hydrogens (tertiary/aromatic N) is 2. The molecule has 2 heterocycles. The standard InChI is InChI=1S/C11H12N4O3/c1-7-3-13-11(17)15(4-7)5-9-2-8(6-18-9)10(16)14-12/h2-4,6H,5,12H2,1H3,(H,14,16). The SMILES string of the molecule is Cc1cnc(=O)n(Cc2cc(C(=O)NN)co2)c1. The number of furan rings is 1. The molecule has 3 N–H and O–H groups in total. The zero-order valence-corrected chi connectivity index (χ0v) is 9.71. The molecule has 0 fully saturated rings. The van der Waals surface area contributed by atoms with Gasteiger partial charge in [0.2, 0.25) is 0 Å². The molecule has 0 bridgehead atoms. The van der Waals surface area contributed by atoms with Crippen molar-refractivity contribution in [2.45, 2.75) is 13.5 Å². The number of nitrogens with two attached hydrogens (primary N) is 1. The first kappa shape index (κ1) is 12.1. The number of nitrogens with one attached hydrogen (secondary N) is 1. The monoisotopic (exact) mass is 248 g/mol. The Labute approximate surface area is 102 Å². The molecule has 0 saturated carbocycles. The molecule has 7 nitrogen and oxygen atoms in total. The summed E-state index contributed by atoms with van der Waals surface area (Å²) in [5, 5.41) is 0. The lowest BCUT2D eigenvalue weighted by atomic mass is 10.3. The number of rotatable bonds is 3. The van der Waals surface area contributed by atoms with Crippen LogP contribution in [-0.2, 0) is 6.54 Å². The van der Waals surface area contributed by atoms with E-state index in [1.54, 1.807) is 6.20 Å². The summed E-state index contributed by atoms with van der Waals surface area (Å²) in [5.74, 6) is 5.03. The summed E-state index contributed by atoms with van der Waals surface area (Å²) in [5.41, 5.74) is 2.79. The van der Waals surface area contributed by atoms with Crippen LogP contribution in [0.25, 0.3) is 0 Å². The fourth-order valence-electron chi connectivity index (χ4n) is 1.51. The van der Waals surface area contributed by atoms with Crippen molar-refractivity contribution in [3.63, 3.8) is 0 Å². The molecular weight excluding hydrogens is 236 g/mol. The summed E-state index contributed by atoms with van der Waals surface area (Å²) >= 11 is 0.